The van der Waals surface area contributed by atoms with E-state index in [-0.39, 0.29) is 5.91 Å². The van der Waals surface area contributed by atoms with Crippen molar-refractivity contribution in [3.05, 3.63) is 81.8 Å². The van der Waals surface area contributed by atoms with Gasteiger partial charge in [0, 0.05) is 26.9 Å². The van der Waals surface area contributed by atoms with Crippen LogP contribution in [-0.4, -0.2) is 34.3 Å². The summed E-state index contributed by atoms with van der Waals surface area (Å²) in [6.07, 6.45) is 1.83. The van der Waals surface area contributed by atoms with Gasteiger partial charge in [0.15, 0.2) is 11.5 Å². The fourth-order valence-electron chi connectivity index (χ4n) is 3.92. The van der Waals surface area contributed by atoms with Crippen LogP contribution in [0.15, 0.2) is 59.6 Å². The summed E-state index contributed by atoms with van der Waals surface area (Å²) in [6, 6.07) is 15.1. The van der Waals surface area contributed by atoms with Crippen molar-refractivity contribution in [2.45, 2.75) is 0 Å². The predicted octanol–water partition coefficient (Wildman–Crippen LogP) is 6.04. The van der Waals surface area contributed by atoms with E-state index >= 15 is 0 Å². The van der Waals surface area contributed by atoms with Crippen LogP contribution in [0.25, 0.3) is 17.2 Å². The van der Waals surface area contributed by atoms with Crippen molar-refractivity contribution in [3.63, 3.8) is 0 Å². The Hall–Kier alpha value is -3.71. The van der Waals surface area contributed by atoms with Crippen LogP contribution in [0.1, 0.15) is 22.3 Å². The maximum Gasteiger partial charge on any atom is 0.256 e. The summed E-state index contributed by atoms with van der Waals surface area (Å²) in [5, 5.41) is 2.91. The highest BCUT2D eigenvalue weighted by atomic mass is 79.9. The van der Waals surface area contributed by atoms with Crippen LogP contribution in [0.2, 0.25) is 0 Å². The molecule has 0 fully saturated rings. The maximum atomic E-state index is 12.7. The molecule has 174 valence electrons. The molecule has 1 aliphatic heterocycles. The van der Waals surface area contributed by atoms with Gasteiger partial charge < -0.3 is 24.3 Å². The highest BCUT2D eigenvalue weighted by Crippen LogP contribution is 2.41. The van der Waals surface area contributed by atoms with Gasteiger partial charge in [-0.05, 0) is 65.2 Å². The third-order valence-corrected chi connectivity index (χ3v) is 6.15. The number of hydrogen-bond donors (Lipinski definition) is 1. The van der Waals surface area contributed by atoms with E-state index in [0.29, 0.717) is 28.6 Å². The highest BCUT2D eigenvalue weighted by molar-refractivity contribution is 9.10. The minimum atomic E-state index is -0.163. The van der Waals surface area contributed by atoms with E-state index in [9.17, 15) is 4.79 Å². The van der Waals surface area contributed by atoms with Crippen molar-refractivity contribution in [1.82, 2.24) is 0 Å². The zero-order chi connectivity index (χ0) is 24.4. The molecule has 1 N–H and O–H groups in total. The Balaban J connectivity index is 1.79. The summed E-state index contributed by atoms with van der Waals surface area (Å²) in [4.78, 5) is 12.7. The van der Waals surface area contributed by atoms with Gasteiger partial charge in [-0.3, -0.25) is 4.79 Å². The van der Waals surface area contributed by atoms with Crippen LogP contribution in [0.4, 0.5) is 5.69 Å². The number of fused-ring (bicyclic) bond motifs is 1. The van der Waals surface area contributed by atoms with Gasteiger partial charge in [-0.25, -0.2) is 0 Å². The molecule has 0 spiro atoms. The first-order valence-corrected chi connectivity index (χ1v) is 11.2. The number of ether oxygens (including phenoxy) is 4. The predicted molar refractivity (Wildman–Crippen MR) is 138 cm³/mol. The normalized spacial score (nSPS) is 13.3. The minimum Gasteiger partial charge on any atom is -0.496 e. The smallest absolute Gasteiger partial charge is 0.256 e. The lowest BCUT2D eigenvalue weighted by Gasteiger charge is -2.16. The summed E-state index contributed by atoms with van der Waals surface area (Å²) in [6.45, 7) is 4.29. The first kappa shape index (κ1) is 23.4. The van der Waals surface area contributed by atoms with Crippen LogP contribution in [0.5, 0.6) is 23.0 Å². The Morgan fingerprint density at radius 3 is 2.15 bits per heavy atom. The van der Waals surface area contributed by atoms with Gasteiger partial charge in [-0.15, -0.1) is 0 Å². The lowest BCUT2D eigenvalue weighted by Crippen LogP contribution is -2.03. The van der Waals surface area contributed by atoms with Gasteiger partial charge in [0.1, 0.15) is 5.75 Å². The van der Waals surface area contributed by atoms with Gasteiger partial charge in [0.25, 0.3) is 5.91 Å². The molecule has 1 amide bonds. The topological polar surface area (TPSA) is 66.0 Å². The standard InChI is InChI=1S/C27H24BrNO5/c1-15(17-12-24(32-3)26(34-5)25(13-17)33-4)16-6-9-23(31-2)18(10-16)11-21-20-14-19(28)7-8-22(20)29-27(21)30/h6-14H,1H2,2-5H3,(H,29,30)/b21-11+. The van der Waals surface area contributed by atoms with Crippen molar-refractivity contribution >= 4 is 44.7 Å². The maximum absolute atomic E-state index is 12.7. The molecule has 34 heavy (non-hydrogen) atoms. The second kappa shape index (κ2) is 9.65. The van der Waals surface area contributed by atoms with Gasteiger partial charge >= 0.3 is 0 Å². The molecule has 3 aromatic rings. The van der Waals surface area contributed by atoms with Gasteiger partial charge in [-0.2, -0.15) is 0 Å². The third-order valence-electron chi connectivity index (χ3n) is 5.66. The molecular weight excluding hydrogens is 498 g/mol. The number of hydrogen-bond acceptors (Lipinski definition) is 5. The number of methoxy groups -OCH3 is 4. The first-order valence-electron chi connectivity index (χ1n) is 10.4. The molecule has 0 aliphatic carbocycles. The summed E-state index contributed by atoms with van der Waals surface area (Å²) < 4.78 is 22.9. The van der Waals surface area contributed by atoms with E-state index in [1.165, 1.54) is 0 Å². The Morgan fingerprint density at radius 1 is 0.853 bits per heavy atom. The van der Waals surface area contributed by atoms with Crippen LogP contribution in [0.3, 0.4) is 0 Å². The van der Waals surface area contributed by atoms with Crippen molar-refractivity contribution in [2.75, 3.05) is 33.8 Å². The second-order valence-electron chi connectivity index (χ2n) is 7.55. The van der Waals surface area contributed by atoms with Crippen LogP contribution >= 0.6 is 15.9 Å². The molecule has 1 aliphatic rings. The average molecular weight is 522 g/mol. The molecule has 0 bridgehead atoms. The molecule has 0 aromatic heterocycles. The molecule has 0 radical (unpaired) electrons. The monoisotopic (exact) mass is 521 g/mol. The third kappa shape index (κ3) is 4.26. The van der Waals surface area contributed by atoms with E-state index in [0.717, 1.165) is 38.0 Å². The number of nitrogens with one attached hydrogen (secondary N) is 1. The first-order chi connectivity index (χ1) is 16.4. The SMILES string of the molecule is C=C(c1ccc(OC)c(/C=C2/C(=O)Nc3ccc(Br)cc32)c1)c1cc(OC)c(OC)c(OC)c1. The Bertz CT molecular complexity index is 1300. The molecule has 7 heteroatoms. The minimum absolute atomic E-state index is 0.163. The van der Waals surface area contributed by atoms with Gasteiger partial charge in [-0.1, -0.05) is 28.6 Å². The number of carbonyl (C=O) groups is 1. The quantitative estimate of drug-likeness (QED) is 0.384. The summed E-state index contributed by atoms with van der Waals surface area (Å²) >= 11 is 3.48. The number of rotatable bonds is 7. The number of anilines is 1. The van der Waals surface area contributed by atoms with E-state index in [2.05, 4.69) is 27.8 Å². The highest BCUT2D eigenvalue weighted by Gasteiger charge is 2.25. The van der Waals surface area contributed by atoms with Gasteiger partial charge in [0.2, 0.25) is 5.75 Å². The molecular formula is C27H24BrNO5. The van der Waals surface area contributed by atoms with Crippen LogP contribution in [-0.2, 0) is 4.79 Å². The van der Waals surface area contributed by atoms with E-state index in [4.69, 9.17) is 18.9 Å². The van der Waals surface area contributed by atoms with Crippen LogP contribution < -0.4 is 24.3 Å². The summed E-state index contributed by atoms with van der Waals surface area (Å²) in [7, 11) is 6.31. The molecule has 1 heterocycles. The van der Waals surface area contributed by atoms with E-state index < -0.39 is 0 Å². The molecule has 0 saturated heterocycles. The lowest BCUT2D eigenvalue weighted by atomic mass is 9.95. The number of carbonyl (C=O) groups excluding carboxylic acids is 1. The summed E-state index contributed by atoms with van der Waals surface area (Å²) in [5.41, 5.74) is 5.34. The van der Waals surface area contributed by atoms with Gasteiger partial charge in [0.05, 0.1) is 28.4 Å². The molecule has 0 atom stereocenters. The molecule has 3 aromatic carbocycles. The second-order valence-corrected chi connectivity index (χ2v) is 8.47. The average Bonchev–Trinajstić information content (AvgIpc) is 3.16. The molecule has 0 unspecified atom stereocenters. The Morgan fingerprint density at radius 2 is 1.53 bits per heavy atom. The molecule has 0 saturated carbocycles. The van der Waals surface area contributed by atoms with Crippen molar-refractivity contribution in [3.8, 4) is 23.0 Å². The number of benzene rings is 3. The fourth-order valence-corrected chi connectivity index (χ4v) is 4.28. The summed E-state index contributed by atoms with van der Waals surface area (Å²) in [5.74, 6) is 2.07. The Kier molecular flexibility index (Phi) is 6.65. The molecule has 4 rings (SSSR count). The zero-order valence-electron chi connectivity index (χ0n) is 19.3. The molecule has 6 nitrogen and oxygen atoms in total. The zero-order valence-corrected chi connectivity index (χ0v) is 20.9. The van der Waals surface area contributed by atoms with E-state index in [1.807, 2.05) is 54.6 Å². The number of halogens is 1. The lowest BCUT2D eigenvalue weighted by molar-refractivity contribution is -0.110. The fraction of sp³-hybridized carbons (Fsp3) is 0.148. The van der Waals surface area contributed by atoms with Crippen LogP contribution in [0, 0.1) is 0 Å². The number of amides is 1. The van der Waals surface area contributed by atoms with Crippen molar-refractivity contribution in [2.24, 2.45) is 0 Å². The van der Waals surface area contributed by atoms with Crippen molar-refractivity contribution in [1.29, 1.82) is 0 Å². The Labute approximate surface area is 206 Å². The van der Waals surface area contributed by atoms with Crippen molar-refractivity contribution < 1.29 is 23.7 Å². The largest absolute Gasteiger partial charge is 0.496 e. The van der Waals surface area contributed by atoms with E-state index in [1.54, 1.807) is 28.4 Å².